The highest BCUT2D eigenvalue weighted by Gasteiger charge is 2.14. The van der Waals surface area contributed by atoms with Gasteiger partial charge in [-0.3, -0.25) is 0 Å². The normalized spacial score (nSPS) is 21.8. The van der Waals surface area contributed by atoms with Gasteiger partial charge in [0, 0.05) is 13.1 Å². The molecule has 1 aliphatic heterocycles. The van der Waals surface area contributed by atoms with Crippen molar-refractivity contribution in [2.24, 2.45) is 0 Å². The molecule has 13 heavy (non-hydrogen) atoms. The molecule has 0 saturated heterocycles. The summed E-state index contributed by atoms with van der Waals surface area (Å²) in [5, 5.41) is 2.24. The highest BCUT2D eigenvalue weighted by molar-refractivity contribution is 5.42. The first-order chi connectivity index (χ1) is 6.42. The lowest BCUT2D eigenvalue weighted by molar-refractivity contribution is 0.270. The summed E-state index contributed by atoms with van der Waals surface area (Å²) in [7, 11) is 0. The predicted molar refractivity (Wildman–Crippen MR) is 54.9 cm³/mol. The number of hydrazine groups is 1. The highest BCUT2D eigenvalue weighted by Crippen LogP contribution is 2.22. The maximum atomic E-state index is 3.41. The molecule has 2 nitrogen and oxygen atoms in total. The first kappa shape index (κ1) is 8.57. The largest absolute Gasteiger partial charge is 0.308 e. The third kappa shape index (κ3) is 1.68. The van der Waals surface area contributed by atoms with Crippen molar-refractivity contribution in [2.75, 3.05) is 13.1 Å². The van der Waals surface area contributed by atoms with Crippen LogP contribution in [0.15, 0.2) is 35.6 Å². The molecule has 0 saturated carbocycles. The Morgan fingerprint density at radius 3 is 3.23 bits per heavy atom. The van der Waals surface area contributed by atoms with Crippen molar-refractivity contribution in [2.45, 2.75) is 19.8 Å². The molecule has 0 aromatic carbocycles. The van der Waals surface area contributed by atoms with E-state index in [-0.39, 0.29) is 0 Å². The third-order valence-corrected chi connectivity index (χ3v) is 2.46. The van der Waals surface area contributed by atoms with Crippen molar-refractivity contribution in [1.82, 2.24) is 10.4 Å². The van der Waals surface area contributed by atoms with Crippen molar-refractivity contribution in [3.63, 3.8) is 0 Å². The van der Waals surface area contributed by atoms with Crippen LogP contribution in [0.5, 0.6) is 0 Å². The summed E-state index contributed by atoms with van der Waals surface area (Å²) in [6.07, 6.45) is 11.2. The van der Waals surface area contributed by atoms with E-state index in [0.29, 0.717) is 0 Å². The molecule has 0 radical (unpaired) electrons. The molecule has 2 aliphatic rings. The van der Waals surface area contributed by atoms with Gasteiger partial charge in [-0.1, -0.05) is 24.3 Å². The minimum absolute atomic E-state index is 1.02. The molecule has 0 fully saturated rings. The van der Waals surface area contributed by atoms with Crippen LogP contribution in [-0.2, 0) is 0 Å². The fourth-order valence-corrected chi connectivity index (χ4v) is 1.81. The van der Waals surface area contributed by atoms with Gasteiger partial charge in [0.25, 0.3) is 0 Å². The van der Waals surface area contributed by atoms with Crippen LogP contribution in [0.4, 0.5) is 0 Å². The van der Waals surface area contributed by atoms with Gasteiger partial charge in [-0.15, -0.1) is 0 Å². The third-order valence-electron chi connectivity index (χ3n) is 2.46. The van der Waals surface area contributed by atoms with Crippen LogP contribution in [0.2, 0.25) is 0 Å². The van der Waals surface area contributed by atoms with Gasteiger partial charge in [-0.25, -0.2) is 5.43 Å². The molecular weight excluding hydrogens is 160 g/mol. The van der Waals surface area contributed by atoms with E-state index < -0.39 is 0 Å². The number of hydrogen-bond donors (Lipinski definition) is 1. The van der Waals surface area contributed by atoms with E-state index in [1.165, 1.54) is 11.3 Å². The number of nitrogens with one attached hydrogen (secondary N) is 1. The van der Waals surface area contributed by atoms with Gasteiger partial charge in [-0.05, 0) is 25.3 Å². The van der Waals surface area contributed by atoms with Crippen LogP contribution in [0.1, 0.15) is 19.8 Å². The Hall–Kier alpha value is -1.02. The topological polar surface area (TPSA) is 15.3 Å². The predicted octanol–water partition coefficient (Wildman–Crippen LogP) is 1.99. The van der Waals surface area contributed by atoms with Gasteiger partial charge in [0.1, 0.15) is 0 Å². The molecule has 0 aromatic rings. The molecular formula is C11H16N2. The van der Waals surface area contributed by atoms with Gasteiger partial charge in [0.05, 0.1) is 5.70 Å². The molecule has 0 amide bonds. The smallest absolute Gasteiger partial charge is 0.0551 e. The van der Waals surface area contributed by atoms with Crippen molar-refractivity contribution in [3.8, 4) is 0 Å². The van der Waals surface area contributed by atoms with Gasteiger partial charge >= 0.3 is 0 Å². The van der Waals surface area contributed by atoms with E-state index in [4.69, 9.17) is 0 Å². The maximum absolute atomic E-state index is 3.41. The van der Waals surface area contributed by atoms with Gasteiger partial charge in [0.2, 0.25) is 0 Å². The number of fused-ring (bicyclic) bond motifs is 1. The number of allylic oxidation sites excluding steroid dienone is 3. The molecule has 1 heterocycles. The Bertz CT molecular complexity index is 274. The lowest BCUT2D eigenvalue weighted by atomic mass is 10.0. The molecule has 0 spiro atoms. The van der Waals surface area contributed by atoms with E-state index >= 15 is 0 Å². The number of nitrogens with zero attached hydrogens (tertiary/aromatic N) is 1. The van der Waals surface area contributed by atoms with Gasteiger partial charge in [0.15, 0.2) is 0 Å². The van der Waals surface area contributed by atoms with Crippen molar-refractivity contribution >= 4 is 0 Å². The maximum Gasteiger partial charge on any atom is 0.0551 e. The Morgan fingerprint density at radius 2 is 2.38 bits per heavy atom. The summed E-state index contributed by atoms with van der Waals surface area (Å²) in [5.74, 6) is 0. The van der Waals surface area contributed by atoms with Crippen molar-refractivity contribution in [3.05, 3.63) is 35.6 Å². The fraction of sp³-hybridized carbons (Fsp3) is 0.455. The zero-order valence-electron chi connectivity index (χ0n) is 8.09. The van der Waals surface area contributed by atoms with Crippen LogP contribution in [-0.4, -0.2) is 18.1 Å². The summed E-state index contributed by atoms with van der Waals surface area (Å²) in [6.45, 7) is 4.24. The Kier molecular flexibility index (Phi) is 2.50. The number of hydrogen-bond acceptors (Lipinski definition) is 2. The van der Waals surface area contributed by atoms with E-state index in [2.05, 4.69) is 41.7 Å². The molecule has 2 rings (SSSR count). The Morgan fingerprint density at radius 1 is 1.46 bits per heavy atom. The molecule has 2 heteroatoms. The molecule has 1 N–H and O–H groups in total. The van der Waals surface area contributed by atoms with Gasteiger partial charge in [-0.2, -0.15) is 0 Å². The molecule has 0 atom stereocenters. The molecule has 0 unspecified atom stereocenters. The van der Waals surface area contributed by atoms with Crippen LogP contribution in [0.3, 0.4) is 0 Å². The average Bonchev–Trinajstić information content (AvgIpc) is 2.39. The second-order valence-electron chi connectivity index (χ2n) is 3.33. The van der Waals surface area contributed by atoms with E-state index in [1.807, 2.05) is 0 Å². The van der Waals surface area contributed by atoms with Crippen LogP contribution in [0, 0.1) is 0 Å². The minimum Gasteiger partial charge on any atom is -0.308 e. The van der Waals surface area contributed by atoms with E-state index in [1.54, 1.807) is 0 Å². The summed E-state index contributed by atoms with van der Waals surface area (Å²) in [4.78, 5) is 0. The summed E-state index contributed by atoms with van der Waals surface area (Å²) < 4.78 is 0. The fourth-order valence-electron chi connectivity index (χ4n) is 1.81. The van der Waals surface area contributed by atoms with Crippen LogP contribution >= 0.6 is 0 Å². The second-order valence-corrected chi connectivity index (χ2v) is 3.33. The van der Waals surface area contributed by atoms with Crippen molar-refractivity contribution < 1.29 is 0 Å². The zero-order chi connectivity index (χ0) is 9.10. The summed E-state index contributed by atoms with van der Waals surface area (Å²) >= 11 is 0. The molecule has 0 bridgehead atoms. The zero-order valence-corrected chi connectivity index (χ0v) is 8.09. The standard InChI is InChI=1S/C11H16N2/c1-2-13-11-8-4-3-6-10(11)7-5-9-12-13/h3,6-8,12H,2,4-5,9H2,1H3. The van der Waals surface area contributed by atoms with Crippen LogP contribution in [0.25, 0.3) is 0 Å². The number of likely N-dealkylation sites (N-methyl/N-ethyl adjacent to an activating group) is 1. The van der Waals surface area contributed by atoms with E-state index in [9.17, 15) is 0 Å². The second kappa shape index (κ2) is 3.79. The molecule has 0 aromatic heterocycles. The molecule has 1 aliphatic carbocycles. The average molecular weight is 176 g/mol. The first-order valence-corrected chi connectivity index (χ1v) is 5.00. The SMILES string of the molecule is CCN1NCCC=C2C=CCC=C21. The minimum atomic E-state index is 1.02. The Balaban J connectivity index is 2.27. The highest BCUT2D eigenvalue weighted by atomic mass is 15.5. The van der Waals surface area contributed by atoms with Crippen LogP contribution < -0.4 is 5.43 Å². The van der Waals surface area contributed by atoms with E-state index in [0.717, 1.165) is 25.9 Å². The lowest BCUT2D eigenvalue weighted by Crippen LogP contribution is -2.37. The summed E-state index contributed by atoms with van der Waals surface area (Å²) in [6, 6.07) is 0. The quantitative estimate of drug-likeness (QED) is 0.657. The lowest BCUT2D eigenvalue weighted by Gasteiger charge is -2.26. The first-order valence-electron chi connectivity index (χ1n) is 5.00. The Labute approximate surface area is 79.6 Å². The molecule has 70 valence electrons. The monoisotopic (exact) mass is 176 g/mol. The van der Waals surface area contributed by atoms with Gasteiger partial charge < -0.3 is 5.01 Å². The summed E-state index contributed by atoms with van der Waals surface area (Å²) in [5.41, 5.74) is 6.13. The van der Waals surface area contributed by atoms with Crippen molar-refractivity contribution in [1.29, 1.82) is 0 Å². The number of rotatable bonds is 1.